The van der Waals surface area contributed by atoms with Gasteiger partial charge in [-0.1, -0.05) is 27.5 Å². The Labute approximate surface area is 156 Å². The van der Waals surface area contributed by atoms with Crippen LogP contribution in [0.25, 0.3) is 0 Å². The quantitative estimate of drug-likeness (QED) is 0.662. The Morgan fingerprint density at radius 1 is 1.20 bits per heavy atom. The second-order valence-corrected chi connectivity index (χ2v) is 6.72. The molecule has 0 bridgehead atoms. The van der Waals surface area contributed by atoms with Crippen LogP contribution >= 0.6 is 27.5 Å². The molecule has 0 saturated carbocycles. The Hall–Kier alpha value is -1.73. The van der Waals surface area contributed by atoms with Gasteiger partial charge in [0.2, 0.25) is 0 Å². The van der Waals surface area contributed by atoms with Crippen LogP contribution in [0.2, 0.25) is 5.02 Å². The van der Waals surface area contributed by atoms with Crippen molar-refractivity contribution in [3.05, 3.63) is 56.5 Å². The van der Waals surface area contributed by atoms with Crippen molar-refractivity contribution in [2.45, 2.75) is 20.0 Å². The smallest absolute Gasteiger partial charge is 0.416 e. The predicted molar refractivity (Wildman–Crippen MR) is 94.2 cm³/mol. The Bertz CT molecular complexity index is 786. The molecule has 2 rings (SSSR count). The highest BCUT2D eigenvalue weighted by molar-refractivity contribution is 9.10. The number of amides is 1. The van der Waals surface area contributed by atoms with Crippen molar-refractivity contribution in [3.63, 3.8) is 0 Å². The Morgan fingerprint density at radius 2 is 1.80 bits per heavy atom. The van der Waals surface area contributed by atoms with Crippen molar-refractivity contribution in [1.82, 2.24) is 0 Å². The molecule has 0 aliphatic rings. The number of hydrogen-bond donors (Lipinski definition) is 1. The van der Waals surface area contributed by atoms with Crippen LogP contribution in [-0.4, -0.2) is 12.5 Å². The molecule has 0 saturated heterocycles. The third-order valence-electron chi connectivity index (χ3n) is 3.34. The van der Waals surface area contributed by atoms with Crippen LogP contribution in [0.1, 0.15) is 16.7 Å². The van der Waals surface area contributed by atoms with E-state index in [0.29, 0.717) is 5.75 Å². The van der Waals surface area contributed by atoms with E-state index in [4.69, 9.17) is 16.3 Å². The van der Waals surface area contributed by atoms with Gasteiger partial charge in [0.05, 0.1) is 16.3 Å². The minimum Gasteiger partial charge on any atom is -0.483 e. The number of anilines is 1. The normalized spacial score (nSPS) is 11.3. The van der Waals surface area contributed by atoms with Crippen LogP contribution in [0, 0.1) is 13.8 Å². The molecule has 0 aliphatic carbocycles. The summed E-state index contributed by atoms with van der Waals surface area (Å²) in [6.07, 6.45) is -4.52. The van der Waals surface area contributed by atoms with E-state index >= 15 is 0 Å². The lowest BCUT2D eigenvalue weighted by molar-refractivity contribution is -0.137. The van der Waals surface area contributed by atoms with Crippen molar-refractivity contribution < 1.29 is 22.7 Å². The van der Waals surface area contributed by atoms with Crippen LogP contribution in [0.15, 0.2) is 34.8 Å². The van der Waals surface area contributed by atoms with Crippen molar-refractivity contribution in [1.29, 1.82) is 0 Å². The maximum atomic E-state index is 12.7. The summed E-state index contributed by atoms with van der Waals surface area (Å²) in [5.41, 5.74) is 0.649. The van der Waals surface area contributed by atoms with Crippen molar-refractivity contribution in [2.75, 3.05) is 11.9 Å². The van der Waals surface area contributed by atoms with Gasteiger partial charge in [0, 0.05) is 4.47 Å². The highest BCUT2D eigenvalue weighted by atomic mass is 79.9. The third-order valence-corrected chi connectivity index (χ3v) is 4.13. The molecule has 134 valence electrons. The highest BCUT2D eigenvalue weighted by Crippen LogP contribution is 2.34. The number of halogens is 5. The molecule has 0 atom stereocenters. The summed E-state index contributed by atoms with van der Waals surface area (Å²) >= 11 is 9.21. The van der Waals surface area contributed by atoms with Gasteiger partial charge >= 0.3 is 6.18 Å². The number of carbonyl (C=O) groups excluding carboxylic acids is 1. The first-order valence-electron chi connectivity index (χ1n) is 7.14. The number of carbonyl (C=O) groups is 1. The van der Waals surface area contributed by atoms with Gasteiger partial charge in [0.25, 0.3) is 5.91 Å². The number of rotatable bonds is 4. The van der Waals surface area contributed by atoms with Gasteiger partial charge in [-0.2, -0.15) is 13.2 Å². The topological polar surface area (TPSA) is 38.3 Å². The third kappa shape index (κ3) is 5.12. The minimum atomic E-state index is -4.52. The zero-order chi connectivity index (χ0) is 18.8. The fraction of sp³-hybridized carbons (Fsp3) is 0.235. The SMILES string of the molecule is Cc1cc(Br)cc(C)c1OCC(=O)Nc1cc(C(F)(F)F)ccc1Cl. The summed E-state index contributed by atoms with van der Waals surface area (Å²) in [5, 5.41) is 2.35. The average molecular weight is 437 g/mol. The zero-order valence-electron chi connectivity index (χ0n) is 13.3. The van der Waals surface area contributed by atoms with E-state index < -0.39 is 17.6 Å². The van der Waals surface area contributed by atoms with Gasteiger partial charge in [0.15, 0.2) is 6.61 Å². The van der Waals surface area contributed by atoms with E-state index in [2.05, 4.69) is 21.2 Å². The lowest BCUT2D eigenvalue weighted by atomic mass is 10.1. The lowest BCUT2D eigenvalue weighted by Gasteiger charge is -2.14. The van der Waals surface area contributed by atoms with E-state index in [1.165, 1.54) is 0 Å². The predicted octanol–water partition coefficient (Wildman–Crippen LogP) is 5.76. The molecule has 3 nitrogen and oxygen atoms in total. The number of ether oxygens (including phenoxy) is 1. The molecule has 0 spiro atoms. The molecule has 0 radical (unpaired) electrons. The maximum Gasteiger partial charge on any atom is 0.416 e. The molecule has 0 heterocycles. The number of aryl methyl sites for hydroxylation is 2. The molecule has 0 unspecified atom stereocenters. The molecular formula is C17H14BrClF3NO2. The number of hydrogen-bond acceptors (Lipinski definition) is 2. The van der Waals surface area contributed by atoms with Crippen LogP contribution in [0.4, 0.5) is 18.9 Å². The van der Waals surface area contributed by atoms with E-state index in [-0.39, 0.29) is 17.3 Å². The average Bonchev–Trinajstić information content (AvgIpc) is 2.47. The number of alkyl halides is 3. The Morgan fingerprint density at radius 3 is 2.36 bits per heavy atom. The summed E-state index contributed by atoms with van der Waals surface area (Å²) in [6, 6.07) is 6.40. The van der Waals surface area contributed by atoms with Crippen LogP contribution < -0.4 is 10.1 Å². The summed E-state index contributed by atoms with van der Waals surface area (Å²) in [7, 11) is 0. The van der Waals surface area contributed by atoms with Crippen molar-refractivity contribution in [3.8, 4) is 5.75 Å². The largest absolute Gasteiger partial charge is 0.483 e. The first-order valence-corrected chi connectivity index (χ1v) is 8.31. The zero-order valence-corrected chi connectivity index (χ0v) is 15.6. The Balaban J connectivity index is 2.09. The fourth-order valence-electron chi connectivity index (χ4n) is 2.25. The van der Waals surface area contributed by atoms with Gasteiger partial charge in [-0.3, -0.25) is 4.79 Å². The van der Waals surface area contributed by atoms with Crippen LogP contribution in [0.3, 0.4) is 0 Å². The summed E-state index contributed by atoms with van der Waals surface area (Å²) in [5.74, 6) is -0.0589. The van der Waals surface area contributed by atoms with Gasteiger partial charge < -0.3 is 10.1 Å². The number of benzene rings is 2. The molecule has 1 amide bonds. The van der Waals surface area contributed by atoms with Gasteiger partial charge in [-0.15, -0.1) is 0 Å². The monoisotopic (exact) mass is 435 g/mol. The van der Waals surface area contributed by atoms with E-state index in [9.17, 15) is 18.0 Å². The van der Waals surface area contributed by atoms with Gasteiger partial charge in [-0.05, 0) is 55.3 Å². The molecule has 0 fully saturated rings. The van der Waals surface area contributed by atoms with E-state index in [0.717, 1.165) is 33.8 Å². The first kappa shape index (κ1) is 19.6. The fourth-order valence-corrected chi connectivity index (χ4v) is 3.10. The first-order chi connectivity index (χ1) is 11.6. The molecule has 0 aromatic heterocycles. The highest BCUT2D eigenvalue weighted by Gasteiger charge is 2.31. The molecule has 0 aliphatic heterocycles. The summed E-state index contributed by atoms with van der Waals surface area (Å²) < 4.78 is 44.6. The molecule has 8 heteroatoms. The van der Waals surface area contributed by atoms with Crippen molar-refractivity contribution >= 4 is 39.1 Å². The van der Waals surface area contributed by atoms with Crippen LogP contribution in [0.5, 0.6) is 5.75 Å². The maximum absolute atomic E-state index is 12.7. The van der Waals surface area contributed by atoms with Crippen LogP contribution in [-0.2, 0) is 11.0 Å². The standard InChI is InChI=1S/C17H14BrClF3NO2/c1-9-5-12(18)6-10(2)16(9)25-8-15(24)23-14-7-11(17(20,21)22)3-4-13(14)19/h3-7H,8H2,1-2H3,(H,23,24). The minimum absolute atomic E-state index is 0.0114. The van der Waals surface area contributed by atoms with Gasteiger partial charge in [-0.25, -0.2) is 0 Å². The molecule has 25 heavy (non-hydrogen) atoms. The second kappa shape index (κ2) is 7.66. The Kier molecular flexibility index (Phi) is 6.00. The van der Waals surface area contributed by atoms with E-state index in [1.807, 2.05) is 26.0 Å². The molecule has 2 aromatic rings. The summed E-state index contributed by atoms with van der Waals surface area (Å²) in [6.45, 7) is 3.30. The van der Waals surface area contributed by atoms with Crippen molar-refractivity contribution in [2.24, 2.45) is 0 Å². The summed E-state index contributed by atoms with van der Waals surface area (Å²) in [4.78, 5) is 12.0. The molecular weight excluding hydrogens is 423 g/mol. The lowest BCUT2D eigenvalue weighted by Crippen LogP contribution is -2.21. The van der Waals surface area contributed by atoms with Gasteiger partial charge in [0.1, 0.15) is 5.75 Å². The molecule has 2 aromatic carbocycles. The number of nitrogens with one attached hydrogen (secondary N) is 1. The van der Waals surface area contributed by atoms with E-state index in [1.54, 1.807) is 0 Å². The second-order valence-electron chi connectivity index (χ2n) is 5.40. The molecule has 1 N–H and O–H groups in total.